The number of amides is 1. The number of aliphatic carboxylic acids is 1. The van der Waals surface area contributed by atoms with E-state index in [9.17, 15) is 18.0 Å². The number of benzene rings is 1. The highest BCUT2D eigenvalue weighted by Gasteiger charge is 2.28. The third-order valence-corrected chi connectivity index (χ3v) is 5.32. The van der Waals surface area contributed by atoms with Gasteiger partial charge in [0.25, 0.3) is 5.91 Å². The lowest BCUT2D eigenvalue weighted by molar-refractivity contribution is -0.141. The van der Waals surface area contributed by atoms with Crippen molar-refractivity contribution in [3.8, 4) is 0 Å². The molecule has 0 spiro atoms. The van der Waals surface area contributed by atoms with Gasteiger partial charge in [-0.05, 0) is 44.9 Å². The first kappa shape index (κ1) is 17.4. The van der Waals surface area contributed by atoms with Crippen molar-refractivity contribution in [2.75, 3.05) is 0 Å². The zero-order chi connectivity index (χ0) is 17.2. The van der Waals surface area contributed by atoms with E-state index in [1.807, 2.05) is 0 Å². The van der Waals surface area contributed by atoms with Gasteiger partial charge in [0.1, 0.15) is 0 Å². The van der Waals surface area contributed by atoms with Crippen LogP contribution in [0.5, 0.6) is 0 Å². The summed E-state index contributed by atoms with van der Waals surface area (Å²) in [5.41, 5.74) is 0.174. The second kappa shape index (κ2) is 6.67. The second-order valence-electron chi connectivity index (χ2n) is 5.81. The first-order chi connectivity index (χ1) is 10.7. The molecule has 23 heavy (non-hydrogen) atoms. The maximum atomic E-state index is 12.2. The maximum absolute atomic E-state index is 12.2. The SMILES string of the molecule is CC(NC(=O)c1cccc(S(=O)(=O)NC2CC2)c1)C(C)C(=O)O. The van der Waals surface area contributed by atoms with Crippen molar-refractivity contribution in [3.63, 3.8) is 0 Å². The second-order valence-corrected chi connectivity index (χ2v) is 7.53. The zero-order valence-corrected chi connectivity index (χ0v) is 13.8. The molecular formula is C15H20N2O5S. The molecule has 0 aliphatic heterocycles. The molecule has 0 aromatic heterocycles. The number of carboxylic acids is 1. The smallest absolute Gasteiger partial charge is 0.308 e. The van der Waals surface area contributed by atoms with Gasteiger partial charge in [-0.2, -0.15) is 0 Å². The predicted molar refractivity (Wildman–Crippen MR) is 83.5 cm³/mol. The lowest BCUT2D eigenvalue weighted by Gasteiger charge is -2.18. The molecule has 8 heteroatoms. The van der Waals surface area contributed by atoms with Gasteiger partial charge in [0, 0.05) is 17.6 Å². The summed E-state index contributed by atoms with van der Waals surface area (Å²) in [7, 11) is -3.64. The van der Waals surface area contributed by atoms with Crippen LogP contribution in [0.3, 0.4) is 0 Å². The van der Waals surface area contributed by atoms with E-state index in [1.165, 1.54) is 31.2 Å². The number of carbonyl (C=O) groups is 2. The number of sulfonamides is 1. The Labute approximate surface area is 135 Å². The fourth-order valence-electron chi connectivity index (χ4n) is 1.92. The minimum absolute atomic E-state index is 0.0195. The van der Waals surface area contributed by atoms with E-state index in [-0.39, 0.29) is 16.5 Å². The number of carboxylic acid groups (broad SMARTS) is 1. The summed E-state index contributed by atoms with van der Waals surface area (Å²) in [5, 5.41) is 11.5. The first-order valence-electron chi connectivity index (χ1n) is 7.37. The molecule has 1 saturated carbocycles. The Morgan fingerprint density at radius 1 is 1.26 bits per heavy atom. The monoisotopic (exact) mass is 340 g/mol. The van der Waals surface area contributed by atoms with Crippen molar-refractivity contribution in [2.24, 2.45) is 5.92 Å². The van der Waals surface area contributed by atoms with Crippen LogP contribution in [0.15, 0.2) is 29.2 Å². The molecule has 0 saturated heterocycles. The number of rotatable bonds is 7. The minimum Gasteiger partial charge on any atom is -0.481 e. The molecule has 3 N–H and O–H groups in total. The summed E-state index contributed by atoms with van der Waals surface area (Å²) in [6.07, 6.45) is 1.65. The van der Waals surface area contributed by atoms with Gasteiger partial charge in [0.2, 0.25) is 10.0 Å². The quantitative estimate of drug-likeness (QED) is 0.684. The molecule has 7 nitrogen and oxygen atoms in total. The van der Waals surface area contributed by atoms with Gasteiger partial charge >= 0.3 is 5.97 Å². The minimum atomic E-state index is -3.64. The number of hydrogen-bond acceptors (Lipinski definition) is 4. The van der Waals surface area contributed by atoms with Gasteiger partial charge in [-0.1, -0.05) is 6.07 Å². The van der Waals surface area contributed by atoms with E-state index in [0.29, 0.717) is 0 Å². The Hall–Kier alpha value is -1.93. The molecule has 1 fully saturated rings. The Kier molecular flexibility index (Phi) is 5.06. The summed E-state index contributed by atoms with van der Waals surface area (Å²) >= 11 is 0. The van der Waals surface area contributed by atoms with Crippen molar-refractivity contribution in [1.82, 2.24) is 10.0 Å². The van der Waals surface area contributed by atoms with E-state index in [1.54, 1.807) is 6.92 Å². The van der Waals surface area contributed by atoms with Gasteiger partial charge in [0.05, 0.1) is 10.8 Å². The summed E-state index contributed by atoms with van der Waals surface area (Å²) in [6.45, 7) is 3.08. The third kappa shape index (κ3) is 4.52. The van der Waals surface area contributed by atoms with E-state index in [0.717, 1.165) is 12.8 Å². The summed E-state index contributed by atoms with van der Waals surface area (Å²) in [5.74, 6) is -2.26. The molecule has 126 valence electrons. The highest BCUT2D eigenvalue weighted by molar-refractivity contribution is 7.89. The zero-order valence-electron chi connectivity index (χ0n) is 12.9. The van der Waals surface area contributed by atoms with Crippen LogP contribution in [0.1, 0.15) is 37.0 Å². The van der Waals surface area contributed by atoms with Crippen LogP contribution in [-0.4, -0.2) is 37.5 Å². The van der Waals surface area contributed by atoms with Crippen LogP contribution in [0.25, 0.3) is 0 Å². The summed E-state index contributed by atoms with van der Waals surface area (Å²) in [6, 6.07) is 5.09. The lowest BCUT2D eigenvalue weighted by atomic mass is 10.0. The first-order valence-corrected chi connectivity index (χ1v) is 8.85. The average Bonchev–Trinajstić information content (AvgIpc) is 3.29. The molecule has 1 aliphatic carbocycles. The van der Waals surface area contributed by atoms with Crippen LogP contribution in [0.4, 0.5) is 0 Å². The van der Waals surface area contributed by atoms with Crippen LogP contribution < -0.4 is 10.0 Å². The molecular weight excluding hydrogens is 320 g/mol. The number of nitrogens with one attached hydrogen (secondary N) is 2. The van der Waals surface area contributed by atoms with Crippen molar-refractivity contribution in [2.45, 2.75) is 43.7 Å². The molecule has 0 heterocycles. The average molecular weight is 340 g/mol. The highest BCUT2D eigenvalue weighted by Crippen LogP contribution is 2.22. The van der Waals surface area contributed by atoms with Crippen LogP contribution in [0.2, 0.25) is 0 Å². The molecule has 1 aromatic carbocycles. The van der Waals surface area contributed by atoms with Crippen molar-refractivity contribution < 1.29 is 23.1 Å². The molecule has 2 rings (SSSR count). The van der Waals surface area contributed by atoms with Crippen LogP contribution in [-0.2, 0) is 14.8 Å². The fraction of sp³-hybridized carbons (Fsp3) is 0.467. The standard InChI is InChI=1S/C15H20N2O5S/c1-9(15(19)20)10(2)16-14(18)11-4-3-5-13(8-11)23(21,22)17-12-6-7-12/h3-5,8-10,12,17H,6-7H2,1-2H3,(H,16,18)(H,19,20). The van der Waals surface area contributed by atoms with E-state index < -0.39 is 33.9 Å². The lowest BCUT2D eigenvalue weighted by Crippen LogP contribution is -2.40. The largest absolute Gasteiger partial charge is 0.481 e. The van der Waals surface area contributed by atoms with Crippen molar-refractivity contribution in [1.29, 1.82) is 0 Å². The van der Waals surface area contributed by atoms with Gasteiger partial charge < -0.3 is 10.4 Å². The van der Waals surface area contributed by atoms with E-state index >= 15 is 0 Å². The van der Waals surface area contributed by atoms with E-state index in [2.05, 4.69) is 10.0 Å². The van der Waals surface area contributed by atoms with Gasteiger partial charge in [-0.15, -0.1) is 0 Å². The van der Waals surface area contributed by atoms with Gasteiger partial charge in [0.15, 0.2) is 0 Å². The predicted octanol–water partition coefficient (Wildman–Crippen LogP) is 0.966. The normalized spacial score (nSPS) is 17.3. The van der Waals surface area contributed by atoms with E-state index in [4.69, 9.17) is 5.11 Å². The molecule has 0 radical (unpaired) electrons. The third-order valence-electron chi connectivity index (χ3n) is 3.80. The molecule has 2 atom stereocenters. The van der Waals surface area contributed by atoms with Crippen molar-refractivity contribution in [3.05, 3.63) is 29.8 Å². The van der Waals surface area contributed by atoms with Crippen LogP contribution >= 0.6 is 0 Å². The van der Waals surface area contributed by atoms with Crippen molar-refractivity contribution >= 4 is 21.9 Å². The molecule has 1 aromatic rings. The van der Waals surface area contributed by atoms with Gasteiger partial charge in [-0.3, -0.25) is 9.59 Å². The molecule has 0 bridgehead atoms. The number of carbonyl (C=O) groups excluding carboxylic acids is 1. The Balaban J connectivity index is 2.12. The molecule has 1 aliphatic rings. The summed E-state index contributed by atoms with van der Waals surface area (Å²) < 4.78 is 26.9. The Morgan fingerprint density at radius 2 is 1.91 bits per heavy atom. The Morgan fingerprint density at radius 3 is 2.48 bits per heavy atom. The highest BCUT2D eigenvalue weighted by atomic mass is 32.2. The molecule has 2 unspecified atom stereocenters. The fourth-order valence-corrected chi connectivity index (χ4v) is 3.27. The Bertz CT molecular complexity index is 712. The number of hydrogen-bond donors (Lipinski definition) is 3. The van der Waals surface area contributed by atoms with Crippen LogP contribution in [0, 0.1) is 5.92 Å². The molecule has 1 amide bonds. The topological polar surface area (TPSA) is 113 Å². The summed E-state index contributed by atoms with van der Waals surface area (Å²) in [4.78, 5) is 23.1. The maximum Gasteiger partial charge on any atom is 0.308 e. The van der Waals surface area contributed by atoms with Gasteiger partial charge in [-0.25, -0.2) is 13.1 Å².